The average molecular weight is 409 g/mol. The molecule has 0 bridgehead atoms. The Kier molecular flexibility index (Phi) is 5.85. The Hall–Kier alpha value is -1.94. The Morgan fingerprint density at radius 3 is 2.44 bits per heavy atom. The normalized spacial score (nSPS) is 15.6. The summed E-state index contributed by atoms with van der Waals surface area (Å²) in [6, 6.07) is 10.00. The second-order valence-corrected chi connectivity index (χ2v) is 9.30. The van der Waals surface area contributed by atoms with Crippen LogP contribution in [0.25, 0.3) is 0 Å². The van der Waals surface area contributed by atoms with E-state index >= 15 is 0 Å². The topological polar surface area (TPSA) is 89.8 Å². The van der Waals surface area contributed by atoms with Gasteiger partial charge < -0.3 is 4.74 Å². The summed E-state index contributed by atoms with van der Waals surface area (Å²) in [6.07, 6.45) is 0. The number of morpholine rings is 1. The predicted molar refractivity (Wildman–Crippen MR) is 103 cm³/mol. The molecule has 0 saturated carbocycles. The molecule has 144 valence electrons. The first-order valence-corrected chi connectivity index (χ1v) is 10.7. The molecule has 27 heavy (non-hydrogen) atoms. The fraction of sp³-hybridized carbons (Fsp3) is 0.333. The minimum absolute atomic E-state index is 0.0681. The molecule has 0 unspecified atom stereocenters. The number of hydrogen-bond acceptors (Lipinski definition) is 6. The zero-order valence-corrected chi connectivity index (χ0v) is 16.7. The lowest BCUT2D eigenvalue weighted by Gasteiger charge is -2.26. The monoisotopic (exact) mass is 408 g/mol. The zero-order chi connectivity index (χ0) is 19.6. The molecule has 7 nitrogen and oxygen atoms in total. The Morgan fingerprint density at radius 1 is 1.07 bits per heavy atom. The third-order valence-corrected chi connectivity index (χ3v) is 7.42. The van der Waals surface area contributed by atoms with Crippen LogP contribution in [0.4, 0.5) is 5.69 Å². The Bertz CT molecular complexity index is 970. The van der Waals surface area contributed by atoms with Crippen molar-refractivity contribution in [2.45, 2.75) is 28.5 Å². The number of hydrogen-bond donors (Lipinski definition) is 0. The lowest BCUT2D eigenvalue weighted by molar-refractivity contribution is -0.388. The van der Waals surface area contributed by atoms with Crippen molar-refractivity contribution < 1.29 is 18.1 Å². The van der Waals surface area contributed by atoms with Gasteiger partial charge in [0.25, 0.3) is 5.69 Å². The summed E-state index contributed by atoms with van der Waals surface area (Å²) in [5, 5.41) is 11.6. The van der Waals surface area contributed by atoms with E-state index in [2.05, 4.69) is 0 Å². The van der Waals surface area contributed by atoms with E-state index in [9.17, 15) is 18.5 Å². The minimum Gasteiger partial charge on any atom is -0.379 e. The number of nitro benzene ring substituents is 1. The fourth-order valence-corrected chi connectivity index (χ4v) is 5.27. The van der Waals surface area contributed by atoms with Crippen LogP contribution in [0.2, 0.25) is 0 Å². The molecule has 1 saturated heterocycles. The van der Waals surface area contributed by atoms with E-state index in [1.54, 1.807) is 0 Å². The van der Waals surface area contributed by atoms with Gasteiger partial charge in [-0.1, -0.05) is 23.9 Å². The van der Waals surface area contributed by atoms with Gasteiger partial charge in [0.05, 0.1) is 27.9 Å². The largest absolute Gasteiger partial charge is 0.379 e. The standard InChI is InChI=1S/C18H20N2O5S2/c1-13-3-4-14(2)18(11-13)26-17-6-5-15(12-16(17)20(21)22)27(23,24)19-7-9-25-10-8-19/h3-6,11-12H,7-10H2,1-2H3. The third kappa shape index (κ3) is 4.32. The highest BCUT2D eigenvalue weighted by Crippen LogP contribution is 2.38. The molecule has 1 aliphatic rings. The van der Waals surface area contributed by atoms with Crippen LogP contribution >= 0.6 is 11.8 Å². The Balaban J connectivity index is 1.98. The van der Waals surface area contributed by atoms with Crippen LogP contribution in [0.3, 0.4) is 0 Å². The molecule has 0 amide bonds. The van der Waals surface area contributed by atoms with E-state index in [1.165, 1.54) is 28.2 Å². The number of aryl methyl sites for hydroxylation is 2. The van der Waals surface area contributed by atoms with Crippen molar-refractivity contribution in [2.75, 3.05) is 26.3 Å². The van der Waals surface area contributed by atoms with Crippen LogP contribution in [0.15, 0.2) is 51.1 Å². The molecule has 9 heteroatoms. The summed E-state index contributed by atoms with van der Waals surface area (Å²) in [5.41, 5.74) is 1.84. The summed E-state index contributed by atoms with van der Waals surface area (Å²) >= 11 is 1.27. The zero-order valence-electron chi connectivity index (χ0n) is 15.0. The van der Waals surface area contributed by atoms with Gasteiger partial charge in [0, 0.05) is 24.1 Å². The molecule has 0 aromatic heterocycles. The number of benzene rings is 2. The van der Waals surface area contributed by atoms with Crippen molar-refractivity contribution in [2.24, 2.45) is 0 Å². The SMILES string of the molecule is Cc1ccc(C)c(Sc2ccc(S(=O)(=O)N3CCOCC3)cc2[N+](=O)[O-])c1. The first kappa shape index (κ1) is 19.8. The average Bonchev–Trinajstić information content (AvgIpc) is 2.65. The van der Waals surface area contributed by atoms with Crippen LogP contribution in [-0.4, -0.2) is 43.9 Å². The Labute approximate surface area is 162 Å². The highest BCUT2D eigenvalue weighted by atomic mass is 32.2. The molecule has 1 heterocycles. The van der Waals surface area contributed by atoms with E-state index in [4.69, 9.17) is 4.74 Å². The van der Waals surface area contributed by atoms with Gasteiger partial charge in [-0.15, -0.1) is 0 Å². The second kappa shape index (κ2) is 7.97. The van der Waals surface area contributed by atoms with Crippen molar-refractivity contribution in [3.63, 3.8) is 0 Å². The van der Waals surface area contributed by atoms with E-state index < -0.39 is 14.9 Å². The van der Waals surface area contributed by atoms with Gasteiger partial charge in [-0.2, -0.15) is 4.31 Å². The van der Waals surface area contributed by atoms with Gasteiger partial charge in [-0.25, -0.2) is 8.42 Å². The van der Waals surface area contributed by atoms with E-state index in [0.29, 0.717) is 18.1 Å². The highest BCUT2D eigenvalue weighted by molar-refractivity contribution is 7.99. The van der Waals surface area contributed by atoms with E-state index in [-0.39, 0.29) is 23.7 Å². The molecule has 3 rings (SSSR count). The molecular formula is C18H20N2O5S2. The minimum atomic E-state index is -3.78. The number of nitrogens with zero attached hydrogens (tertiary/aromatic N) is 2. The number of ether oxygens (including phenoxy) is 1. The Morgan fingerprint density at radius 2 is 1.78 bits per heavy atom. The molecule has 1 fully saturated rings. The summed E-state index contributed by atoms with van der Waals surface area (Å²) in [5.74, 6) is 0. The maximum Gasteiger partial charge on any atom is 0.284 e. The van der Waals surface area contributed by atoms with Crippen LogP contribution < -0.4 is 0 Å². The van der Waals surface area contributed by atoms with Crippen LogP contribution in [0, 0.1) is 24.0 Å². The van der Waals surface area contributed by atoms with Gasteiger partial charge in [0.2, 0.25) is 10.0 Å². The second-order valence-electron chi connectivity index (χ2n) is 6.27. The van der Waals surface area contributed by atoms with Crippen LogP contribution in [-0.2, 0) is 14.8 Å². The lowest BCUT2D eigenvalue weighted by atomic mass is 10.2. The molecule has 0 radical (unpaired) electrons. The van der Waals surface area contributed by atoms with Crippen LogP contribution in [0.5, 0.6) is 0 Å². The summed E-state index contributed by atoms with van der Waals surface area (Å²) in [6.45, 7) is 5.02. The summed E-state index contributed by atoms with van der Waals surface area (Å²) in [7, 11) is -3.78. The molecule has 2 aromatic carbocycles. The molecule has 2 aromatic rings. The number of rotatable bonds is 5. The van der Waals surface area contributed by atoms with Crippen molar-refractivity contribution in [1.29, 1.82) is 0 Å². The smallest absolute Gasteiger partial charge is 0.284 e. The van der Waals surface area contributed by atoms with Crippen molar-refractivity contribution in [3.05, 3.63) is 57.6 Å². The molecule has 0 spiro atoms. The fourth-order valence-electron chi connectivity index (χ4n) is 2.76. The van der Waals surface area contributed by atoms with E-state index in [1.807, 2.05) is 32.0 Å². The summed E-state index contributed by atoms with van der Waals surface area (Å²) in [4.78, 5) is 12.3. The van der Waals surface area contributed by atoms with Crippen molar-refractivity contribution in [1.82, 2.24) is 4.31 Å². The van der Waals surface area contributed by atoms with Crippen molar-refractivity contribution in [3.8, 4) is 0 Å². The van der Waals surface area contributed by atoms with Crippen LogP contribution in [0.1, 0.15) is 11.1 Å². The highest BCUT2D eigenvalue weighted by Gasteiger charge is 2.29. The summed E-state index contributed by atoms with van der Waals surface area (Å²) < 4.78 is 32.0. The molecule has 1 aliphatic heterocycles. The number of nitro groups is 1. The maximum absolute atomic E-state index is 12.8. The number of sulfonamides is 1. The predicted octanol–water partition coefficient (Wildman–Crippen LogP) is 3.38. The quantitative estimate of drug-likeness (QED) is 0.556. The first-order chi connectivity index (χ1) is 12.8. The van der Waals surface area contributed by atoms with Gasteiger partial charge in [0.15, 0.2) is 0 Å². The molecule has 0 N–H and O–H groups in total. The van der Waals surface area contributed by atoms with Gasteiger partial charge in [-0.05, 0) is 43.2 Å². The maximum atomic E-state index is 12.8. The molecular weight excluding hydrogens is 388 g/mol. The van der Waals surface area contributed by atoms with Crippen molar-refractivity contribution >= 4 is 27.5 Å². The molecule has 0 atom stereocenters. The van der Waals surface area contributed by atoms with E-state index in [0.717, 1.165) is 22.1 Å². The lowest BCUT2D eigenvalue weighted by Crippen LogP contribution is -2.40. The van der Waals surface area contributed by atoms with Gasteiger partial charge in [-0.3, -0.25) is 10.1 Å². The van der Waals surface area contributed by atoms with Gasteiger partial charge >= 0.3 is 0 Å². The third-order valence-electron chi connectivity index (χ3n) is 4.30. The molecule has 0 aliphatic carbocycles. The van der Waals surface area contributed by atoms with Gasteiger partial charge in [0.1, 0.15) is 0 Å². The first-order valence-electron chi connectivity index (χ1n) is 8.40.